The Morgan fingerprint density at radius 2 is 2.05 bits per heavy atom. The zero-order valence-corrected chi connectivity index (χ0v) is 13.5. The number of rotatable bonds is 4. The van der Waals surface area contributed by atoms with E-state index in [-0.39, 0.29) is 30.5 Å². The number of benzene rings is 1. The average molecular weight is 310 g/mol. The van der Waals surface area contributed by atoms with E-state index in [0.717, 1.165) is 31.7 Å². The van der Waals surface area contributed by atoms with Crippen molar-refractivity contribution in [3.8, 4) is 6.07 Å². The van der Waals surface area contributed by atoms with Crippen molar-refractivity contribution in [2.24, 2.45) is 5.41 Å². The Hall–Kier alpha value is -1.12. The molecule has 0 spiro atoms. The Labute approximate surface area is 133 Å². The van der Waals surface area contributed by atoms with Crippen molar-refractivity contribution in [1.29, 1.82) is 5.26 Å². The molecule has 1 fully saturated rings. The molecule has 0 aliphatic carbocycles. The van der Waals surface area contributed by atoms with E-state index in [0.29, 0.717) is 5.56 Å². The zero-order chi connectivity index (χ0) is 14.6. The number of nitrogens with zero attached hydrogens (tertiary/aromatic N) is 2. The van der Waals surface area contributed by atoms with Crippen LogP contribution in [0.2, 0.25) is 0 Å². The molecule has 1 aliphatic rings. The van der Waals surface area contributed by atoms with Crippen LogP contribution in [0.5, 0.6) is 0 Å². The average Bonchev–Trinajstić information content (AvgIpc) is 2.48. The number of hydrogen-bond acceptors (Lipinski definition) is 4. The summed E-state index contributed by atoms with van der Waals surface area (Å²) < 4.78 is 0. The van der Waals surface area contributed by atoms with E-state index in [4.69, 9.17) is 5.26 Å². The van der Waals surface area contributed by atoms with Gasteiger partial charge in [0.05, 0.1) is 11.6 Å². The molecule has 1 aromatic carbocycles. The van der Waals surface area contributed by atoms with E-state index in [9.17, 15) is 5.11 Å². The number of nitrogens with one attached hydrogen (secondary N) is 1. The minimum Gasteiger partial charge on any atom is -0.396 e. The van der Waals surface area contributed by atoms with Gasteiger partial charge >= 0.3 is 0 Å². The highest BCUT2D eigenvalue weighted by Gasteiger charge is 2.35. The standard InChI is InChI=1S/C16H23N3O.ClH/c1-16(2,12-20)15(19-8-6-18-7-9-19)14-5-3-4-13(10-14)11-17;/h3-5,10,15,18,20H,6-9,12H2,1-2H3;1H/t15-;/m0./s1. The summed E-state index contributed by atoms with van der Waals surface area (Å²) in [6.07, 6.45) is 0. The first kappa shape index (κ1) is 17.9. The van der Waals surface area contributed by atoms with E-state index in [2.05, 4.69) is 36.2 Å². The van der Waals surface area contributed by atoms with Gasteiger partial charge in [-0.3, -0.25) is 4.90 Å². The van der Waals surface area contributed by atoms with Crippen LogP contribution >= 0.6 is 12.4 Å². The van der Waals surface area contributed by atoms with E-state index in [1.807, 2.05) is 18.2 Å². The summed E-state index contributed by atoms with van der Waals surface area (Å²) >= 11 is 0. The molecule has 0 radical (unpaired) electrons. The molecule has 0 bridgehead atoms. The van der Waals surface area contributed by atoms with Gasteiger partial charge in [0, 0.05) is 44.2 Å². The molecule has 1 aromatic rings. The molecular formula is C16H24ClN3O. The van der Waals surface area contributed by atoms with Gasteiger partial charge < -0.3 is 10.4 Å². The first-order valence-electron chi connectivity index (χ1n) is 7.14. The molecule has 2 N–H and O–H groups in total. The zero-order valence-electron chi connectivity index (χ0n) is 12.7. The van der Waals surface area contributed by atoms with Crippen LogP contribution in [-0.4, -0.2) is 42.8 Å². The van der Waals surface area contributed by atoms with Crippen molar-refractivity contribution < 1.29 is 5.11 Å². The molecule has 5 heteroatoms. The van der Waals surface area contributed by atoms with Crippen molar-refractivity contribution in [2.45, 2.75) is 19.9 Å². The number of aliphatic hydroxyl groups excluding tert-OH is 1. The molecule has 0 amide bonds. The van der Waals surface area contributed by atoms with E-state index in [1.54, 1.807) is 0 Å². The van der Waals surface area contributed by atoms with Crippen molar-refractivity contribution in [3.63, 3.8) is 0 Å². The van der Waals surface area contributed by atoms with Gasteiger partial charge in [-0.05, 0) is 17.7 Å². The quantitative estimate of drug-likeness (QED) is 0.892. The molecular weight excluding hydrogens is 286 g/mol. The predicted octanol–water partition coefficient (Wildman–Crippen LogP) is 1.94. The fraction of sp³-hybridized carbons (Fsp3) is 0.562. The topological polar surface area (TPSA) is 59.3 Å². The summed E-state index contributed by atoms with van der Waals surface area (Å²) in [4.78, 5) is 2.41. The van der Waals surface area contributed by atoms with Crippen molar-refractivity contribution in [1.82, 2.24) is 10.2 Å². The summed E-state index contributed by atoms with van der Waals surface area (Å²) in [5, 5.41) is 22.2. The van der Waals surface area contributed by atoms with E-state index < -0.39 is 0 Å². The van der Waals surface area contributed by atoms with Gasteiger partial charge in [0.2, 0.25) is 0 Å². The Balaban J connectivity index is 0.00000220. The first-order chi connectivity index (χ1) is 9.58. The minimum absolute atomic E-state index is 0. The fourth-order valence-electron chi connectivity index (χ4n) is 2.96. The van der Waals surface area contributed by atoms with Crippen LogP contribution in [0.15, 0.2) is 24.3 Å². The Bertz CT molecular complexity index is 493. The van der Waals surface area contributed by atoms with Crippen LogP contribution in [0.1, 0.15) is 31.0 Å². The normalized spacial score (nSPS) is 17.6. The van der Waals surface area contributed by atoms with E-state index >= 15 is 0 Å². The largest absolute Gasteiger partial charge is 0.396 e. The Kier molecular flexibility index (Phi) is 6.63. The monoisotopic (exact) mass is 309 g/mol. The maximum Gasteiger partial charge on any atom is 0.0991 e. The van der Waals surface area contributed by atoms with Crippen LogP contribution < -0.4 is 5.32 Å². The second-order valence-electron chi connectivity index (χ2n) is 6.07. The highest BCUT2D eigenvalue weighted by atomic mass is 35.5. The van der Waals surface area contributed by atoms with Crippen LogP contribution in [0.25, 0.3) is 0 Å². The molecule has 116 valence electrons. The number of piperazine rings is 1. The van der Waals surface area contributed by atoms with Gasteiger partial charge in [-0.1, -0.05) is 26.0 Å². The molecule has 1 atom stereocenters. The Morgan fingerprint density at radius 3 is 2.62 bits per heavy atom. The predicted molar refractivity (Wildman–Crippen MR) is 86.5 cm³/mol. The van der Waals surface area contributed by atoms with Crippen LogP contribution in [0, 0.1) is 16.7 Å². The van der Waals surface area contributed by atoms with Gasteiger partial charge in [-0.2, -0.15) is 5.26 Å². The fourth-order valence-corrected chi connectivity index (χ4v) is 2.96. The molecule has 1 aliphatic heterocycles. The summed E-state index contributed by atoms with van der Waals surface area (Å²) in [5.74, 6) is 0. The summed E-state index contributed by atoms with van der Waals surface area (Å²) in [7, 11) is 0. The van der Waals surface area contributed by atoms with Gasteiger partial charge in [-0.15, -0.1) is 12.4 Å². The molecule has 2 rings (SSSR count). The minimum atomic E-state index is -0.245. The number of aliphatic hydroxyl groups is 1. The van der Waals surface area contributed by atoms with Gasteiger partial charge in [-0.25, -0.2) is 0 Å². The molecule has 4 nitrogen and oxygen atoms in total. The highest BCUT2D eigenvalue weighted by Crippen LogP contribution is 2.38. The van der Waals surface area contributed by atoms with E-state index in [1.165, 1.54) is 0 Å². The van der Waals surface area contributed by atoms with Crippen LogP contribution in [0.4, 0.5) is 0 Å². The first-order valence-corrected chi connectivity index (χ1v) is 7.14. The lowest BCUT2D eigenvalue weighted by Gasteiger charge is -2.43. The third-order valence-electron chi connectivity index (χ3n) is 4.00. The number of hydrogen-bond donors (Lipinski definition) is 2. The summed E-state index contributed by atoms with van der Waals surface area (Å²) in [6, 6.07) is 10.1. The van der Waals surface area contributed by atoms with Crippen molar-refractivity contribution in [3.05, 3.63) is 35.4 Å². The molecule has 0 unspecified atom stereocenters. The molecule has 0 saturated carbocycles. The lowest BCUT2D eigenvalue weighted by molar-refractivity contribution is 0.0305. The van der Waals surface area contributed by atoms with Crippen LogP contribution in [-0.2, 0) is 0 Å². The van der Waals surface area contributed by atoms with Crippen LogP contribution in [0.3, 0.4) is 0 Å². The molecule has 1 heterocycles. The maximum atomic E-state index is 9.78. The third-order valence-corrected chi connectivity index (χ3v) is 4.00. The highest BCUT2D eigenvalue weighted by molar-refractivity contribution is 5.85. The maximum absolute atomic E-state index is 9.78. The smallest absolute Gasteiger partial charge is 0.0991 e. The van der Waals surface area contributed by atoms with Gasteiger partial charge in [0.15, 0.2) is 0 Å². The molecule has 0 aromatic heterocycles. The summed E-state index contributed by atoms with van der Waals surface area (Å²) in [6.45, 7) is 8.15. The second kappa shape index (κ2) is 7.77. The lowest BCUT2D eigenvalue weighted by Crippen LogP contribution is -2.49. The summed E-state index contributed by atoms with van der Waals surface area (Å²) in [5.41, 5.74) is 1.55. The number of halogens is 1. The van der Waals surface area contributed by atoms with Gasteiger partial charge in [0.1, 0.15) is 0 Å². The van der Waals surface area contributed by atoms with Crippen molar-refractivity contribution >= 4 is 12.4 Å². The Morgan fingerprint density at radius 1 is 1.38 bits per heavy atom. The van der Waals surface area contributed by atoms with Gasteiger partial charge in [0.25, 0.3) is 0 Å². The lowest BCUT2D eigenvalue weighted by atomic mass is 9.79. The number of nitriles is 1. The third kappa shape index (κ3) is 4.18. The molecule has 1 saturated heterocycles. The SMILES string of the molecule is CC(C)(CO)[C@H](c1cccc(C#N)c1)N1CCNCC1.Cl. The second-order valence-corrected chi connectivity index (χ2v) is 6.07. The molecule has 21 heavy (non-hydrogen) atoms. The van der Waals surface area contributed by atoms with Crippen molar-refractivity contribution in [2.75, 3.05) is 32.8 Å².